The van der Waals surface area contributed by atoms with Crippen LogP contribution in [0, 0.1) is 13.8 Å². The molecule has 6 nitrogen and oxygen atoms in total. The van der Waals surface area contributed by atoms with Gasteiger partial charge >= 0.3 is 0 Å². The van der Waals surface area contributed by atoms with Crippen molar-refractivity contribution < 1.29 is 4.84 Å². The Morgan fingerprint density at radius 2 is 1.86 bits per heavy atom. The highest BCUT2D eigenvalue weighted by Crippen LogP contribution is 2.21. The van der Waals surface area contributed by atoms with Gasteiger partial charge < -0.3 is 11.5 Å². The van der Waals surface area contributed by atoms with Crippen molar-refractivity contribution in [1.29, 1.82) is 0 Å². The van der Waals surface area contributed by atoms with Gasteiger partial charge in [-0.25, -0.2) is 4.99 Å². The van der Waals surface area contributed by atoms with E-state index in [2.05, 4.69) is 36.0 Å². The summed E-state index contributed by atoms with van der Waals surface area (Å²) in [6.07, 6.45) is 0. The standard InChI is InChI=1S/C14H21N5O.ClH/c1-9-5-6-11(7-10(9)2)8-20-19-13(16)17-12(15)18-14(19,3)4;/h5-7H,8H2,1-4H3,(H4,15,16,17,18);1H. The Morgan fingerprint density at radius 3 is 2.43 bits per heavy atom. The van der Waals surface area contributed by atoms with E-state index in [4.69, 9.17) is 16.3 Å². The number of nitrogens with zero attached hydrogens (tertiary/aromatic N) is 3. The van der Waals surface area contributed by atoms with Gasteiger partial charge in [0.2, 0.25) is 11.9 Å². The van der Waals surface area contributed by atoms with Crippen LogP contribution < -0.4 is 11.5 Å². The first kappa shape index (κ1) is 17.3. The molecule has 7 heteroatoms. The van der Waals surface area contributed by atoms with E-state index in [0.29, 0.717) is 6.61 Å². The Hall–Kier alpha value is -1.79. The second-order valence-electron chi connectivity index (χ2n) is 5.42. The first-order valence-corrected chi connectivity index (χ1v) is 6.48. The zero-order valence-corrected chi connectivity index (χ0v) is 13.6. The fraction of sp³-hybridized carbons (Fsp3) is 0.429. The summed E-state index contributed by atoms with van der Waals surface area (Å²) in [4.78, 5) is 13.9. The average Bonchev–Trinajstić information content (AvgIpc) is 2.31. The summed E-state index contributed by atoms with van der Waals surface area (Å²) in [5.41, 5.74) is 14.3. The van der Waals surface area contributed by atoms with Crippen molar-refractivity contribution in [2.24, 2.45) is 21.5 Å². The van der Waals surface area contributed by atoms with Crippen LogP contribution in [0.2, 0.25) is 0 Å². The molecule has 0 amide bonds. The molecule has 1 aliphatic heterocycles. The smallest absolute Gasteiger partial charge is 0.226 e. The van der Waals surface area contributed by atoms with E-state index in [1.165, 1.54) is 16.2 Å². The normalized spacial score (nSPS) is 16.9. The molecule has 1 heterocycles. The lowest BCUT2D eigenvalue weighted by atomic mass is 10.1. The van der Waals surface area contributed by atoms with Crippen LogP contribution in [0.4, 0.5) is 0 Å². The molecular formula is C14H22ClN5O. The minimum Gasteiger partial charge on any atom is -0.368 e. The summed E-state index contributed by atoms with van der Waals surface area (Å²) >= 11 is 0. The maximum atomic E-state index is 5.85. The fourth-order valence-corrected chi connectivity index (χ4v) is 2.05. The van der Waals surface area contributed by atoms with Crippen LogP contribution in [0.1, 0.15) is 30.5 Å². The van der Waals surface area contributed by atoms with Crippen molar-refractivity contribution in [2.75, 3.05) is 0 Å². The Balaban J connectivity index is 0.00000220. The molecule has 0 atom stereocenters. The van der Waals surface area contributed by atoms with Gasteiger partial charge in [0.05, 0.1) is 0 Å². The molecule has 0 bridgehead atoms. The van der Waals surface area contributed by atoms with Gasteiger partial charge in [-0.1, -0.05) is 18.2 Å². The van der Waals surface area contributed by atoms with Crippen molar-refractivity contribution in [3.63, 3.8) is 0 Å². The minimum absolute atomic E-state index is 0. The quantitative estimate of drug-likeness (QED) is 0.891. The van der Waals surface area contributed by atoms with Crippen molar-refractivity contribution >= 4 is 24.3 Å². The molecule has 2 rings (SSSR count). The van der Waals surface area contributed by atoms with Crippen molar-refractivity contribution in [3.05, 3.63) is 34.9 Å². The molecule has 0 fully saturated rings. The van der Waals surface area contributed by atoms with Gasteiger partial charge in [-0.15, -0.1) is 12.4 Å². The topological polar surface area (TPSA) is 89.2 Å². The number of guanidine groups is 2. The average molecular weight is 312 g/mol. The van der Waals surface area contributed by atoms with Crippen LogP contribution in [0.5, 0.6) is 0 Å². The summed E-state index contributed by atoms with van der Waals surface area (Å²) in [5.74, 6) is 0.380. The maximum Gasteiger partial charge on any atom is 0.226 e. The molecular weight excluding hydrogens is 290 g/mol. The first-order chi connectivity index (χ1) is 9.29. The predicted octanol–water partition coefficient (Wildman–Crippen LogP) is 1.84. The van der Waals surface area contributed by atoms with Crippen molar-refractivity contribution in [1.82, 2.24) is 5.06 Å². The van der Waals surface area contributed by atoms with E-state index in [9.17, 15) is 0 Å². The molecule has 0 unspecified atom stereocenters. The van der Waals surface area contributed by atoms with Crippen LogP contribution in [-0.2, 0) is 11.4 Å². The number of hydrogen-bond acceptors (Lipinski definition) is 6. The van der Waals surface area contributed by atoms with E-state index in [0.717, 1.165) is 5.56 Å². The van der Waals surface area contributed by atoms with E-state index >= 15 is 0 Å². The SMILES string of the molecule is Cc1ccc(CON2C(N)=NC(N)=NC2(C)C)cc1C.Cl. The number of aryl methyl sites for hydroxylation is 2. The molecule has 116 valence electrons. The predicted molar refractivity (Wildman–Crippen MR) is 87.1 cm³/mol. The zero-order valence-electron chi connectivity index (χ0n) is 12.8. The molecule has 0 saturated carbocycles. The molecule has 0 saturated heterocycles. The number of hydroxylamine groups is 2. The zero-order chi connectivity index (χ0) is 14.9. The molecule has 1 aliphatic rings. The van der Waals surface area contributed by atoms with Crippen LogP contribution in [0.15, 0.2) is 28.2 Å². The largest absolute Gasteiger partial charge is 0.368 e. The van der Waals surface area contributed by atoms with E-state index < -0.39 is 5.66 Å². The summed E-state index contributed by atoms with van der Waals surface area (Å²) in [6.45, 7) is 8.28. The van der Waals surface area contributed by atoms with Gasteiger partial charge in [0.25, 0.3) is 0 Å². The van der Waals surface area contributed by atoms with E-state index in [-0.39, 0.29) is 24.3 Å². The molecule has 0 aliphatic carbocycles. The van der Waals surface area contributed by atoms with Crippen LogP contribution in [0.25, 0.3) is 0 Å². The Kier molecular flexibility index (Phi) is 5.20. The monoisotopic (exact) mass is 311 g/mol. The van der Waals surface area contributed by atoms with Gasteiger partial charge in [0.15, 0.2) is 5.66 Å². The van der Waals surface area contributed by atoms with Gasteiger partial charge in [-0.3, -0.25) is 4.84 Å². The third-order valence-corrected chi connectivity index (χ3v) is 3.25. The number of rotatable bonds is 3. The number of nitrogens with two attached hydrogens (primary N) is 2. The molecule has 1 aromatic carbocycles. The maximum absolute atomic E-state index is 5.85. The number of aliphatic imine (C=N–C) groups is 2. The first-order valence-electron chi connectivity index (χ1n) is 6.48. The second-order valence-corrected chi connectivity index (χ2v) is 5.42. The van der Waals surface area contributed by atoms with Gasteiger partial charge in [0, 0.05) is 0 Å². The molecule has 1 aromatic rings. The van der Waals surface area contributed by atoms with Crippen LogP contribution in [-0.4, -0.2) is 22.6 Å². The van der Waals surface area contributed by atoms with Crippen molar-refractivity contribution in [3.8, 4) is 0 Å². The number of benzene rings is 1. The molecule has 21 heavy (non-hydrogen) atoms. The Labute approximate surface area is 131 Å². The molecule has 0 aromatic heterocycles. The molecule has 4 N–H and O–H groups in total. The third kappa shape index (κ3) is 3.86. The lowest BCUT2D eigenvalue weighted by Gasteiger charge is -2.36. The van der Waals surface area contributed by atoms with Crippen LogP contribution >= 0.6 is 12.4 Å². The third-order valence-electron chi connectivity index (χ3n) is 3.25. The van der Waals surface area contributed by atoms with Gasteiger partial charge in [-0.2, -0.15) is 10.1 Å². The lowest BCUT2D eigenvalue weighted by Crippen LogP contribution is -2.53. The molecule has 0 spiro atoms. The summed E-state index contributed by atoms with van der Waals surface area (Å²) < 4.78 is 0. The highest BCUT2D eigenvalue weighted by Gasteiger charge is 2.33. The van der Waals surface area contributed by atoms with Gasteiger partial charge in [0.1, 0.15) is 6.61 Å². The van der Waals surface area contributed by atoms with Crippen LogP contribution in [0.3, 0.4) is 0 Å². The highest BCUT2D eigenvalue weighted by atomic mass is 35.5. The van der Waals surface area contributed by atoms with Crippen molar-refractivity contribution in [2.45, 2.75) is 40.0 Å². The van der Waals surface area contributed by atoms with E-state index in [1.54, 1.807) is 0 Å². The number of halogens is 1. The summed E-state index contributed by atoms with van der Waals surface area (Å²) in [7, 11) is 0. The lowest BCUT2D eigenvalue weighted by molar-refractivity contribution is -0.166. The Morgan fingerprint density at radius 1 is 1.19 bits per heavy atom. The fourth-order valence-electron chi connectivity index (χ4n) is 2.05. The Bertz CT molecular complexity index is 583. The summed E-state index contributed by atoms with van der Waals surface area (Å²) in [6, 6.07) is 6.20. The molecule has 0 radical (unpaired) electrons. The highest BCUT2D eigenvalue weighted by molar-refractivity contribution is 5.95. The van der Waals surface area contributed by atoms with Gasteiger partial charge in [-0.05, 0) is 44.4 Å². The summed E-state index contributed by atoms with van der Waals surface area (Å²) in [5, 5.41) is 1.48. The number of hydrogen-bond donors (Lipinski definition) is 2. The van der Waals surface area contributed by atoms with E-state index in [1.807, 2.05) is 19.9 Å². The minimum atomic E-state index is -0.671. The second kappa shape index (κ2) is 6.32.